The first kappa shape index (κ1) is 12.4. The Hall–Kier alpha value is -2.04. The van der Waals surface area contributed by atoms with Crippen LogP contribution >= 0.6 is 0 Å². The van der Waals surface area contributed by atoms with Crippen LogP contribution in [0.2, 0.25) is 0 Å². The summed E-state index contributed by atoms with van der Waals surface area (Å²) in [5.74, 6) is -0.365. The van der Waals surface area contributed by atoms with Crippen LogP contribution in [0.5, 0.6) is 5.75 Å². The smallest absolute Gasteiger partial charge is 0.247 e. The number of hydrogen-bond donors (Lipinski definition) is 3. The van der Waals surface area contributed by atoms with E-state index in [0.29, 0.717) is 18.5 Å². The summed E-state index contributed by atoms with van der Waals surface area (Å²) < 4.78 is 0. The standard InChI is InChI=1S/C13H16N2O3/c1-2-8-3-5-11(16)10(7-8)15-13(18)9-4-6-12(17)14-9/h3,5,7,9,16H,2,4,6H2,1H3,(H,14,17)(H,15,18)/t9-/m0/s1. The number of amides is 2. The summed E-state index contributed by atoms with van der Waals surface area (Å²) in [5, 5.41) is 14.9. The molecule has 1 fully saturated rings. The fourth-order valence-corrected chi connectivity index (χ4v) is 1.93. The van der Waals surface area contributed by atoms with E-state index in [1.165, 1.54) is 0 Å². The van der Waals surface area contributed by atoms with Crippen LogP contribution in [0.3, 0.4) is 0 Å². The highest BCUT2D eigenvalue weighted by Crippen LogP contribution is 2.25. The largest absolute Gasteiger partial charge is 0.506 e. The van der Waals surface area contributed by atoms with Crippen molar-refractivity contribution in [2.75, 3.05) is 5.32 Å². The third-order valence-electron chi connectivity index (χ3n) is 3.04. The van der Waals surface area contributed by atoms with Crippen LogP contribution in [-0.2, 0) is 16.0 Å². The number of phenolic OH excluding ortho intramolecular Hbond substituents is 1. The van der Waals surface area contributed by atoms with Crippen molar-refractivity contribution in [1.29, 1.82) is 0 Å². The van der Waals surface area contributed by atoms with Gasteiger partial charge in [0.25, 0.3) is 0 Å². The van der Waals surface area contributed by atoms with Crippen molar-refractivity contribution in [3.05, 3.63) is 23.8 Å². The Morgan fingerprint density at radius 1 is 1.56 bits per heavy atom. The highest BCUT2D eigenvalue weighted by Gasteiger charge is 2.27. The fourth-order valence-electron chi connectivity index (χ4n) is 1.93. The third kappa shape index (κ3) is 2.61. The van der Waals surface area contributed by atoms with Gasteiger partial charge in [-0.2, -0.15) is 0 Å². The minimum Gasteiger partial charge on any atom is -0.506 e. The maximum absolute atomic E-state index is 11.9. The highest BCUT2D eigenvalue weighted by atomic mass is 16.3. The van der Waals surface area contributed by atoms with E-state index in [4.69, 9.17) is 0 Å². The minimum atomic E-state index is -0.498. The quantitative estimate of drug-likeness (QED) is 0.703. The molecule has 1 aromatic rings. The summed E-state index contributed by atoms with van der Waals surface area (Å²) in [6, 6.07) is 4.61. The lowest BCUT2D eigenvalue weighted by Gasteiger charge is -2.12. The Bertz CT molecular complexity index is 485. The summed E-state index contributed by atoms with van der Waals surface area (Å²) in [4.78, 5) is 22.9. The Kier molecular flexibility index (Phi) is 3.50. The Labute approximate surface area is 105 Å². The molecule has 0 unspecified atom stereocenters. The van der Waals surface area contributed by atoms with E-state index in [0.717, 1.165) is 12.0 Å². The van der Waals surface area contributed by atoms with Crippen LogP contribution in [0.15, 0.2) is 18.2 Å². The summed E-state index contributed by atoms with van der Waals surface area (Å²) in [6.45, 7) is 2.00. The lowest BCUT2D eigenvalue weighted by molar-refractivity contribution is -0.122. The van der Waals surface area contributed by atoms with Gasteiger partial charge in [-0.05, 0) is 30.5 Å². The Balaban J connectivity index is 2.09. The Morgan fingerprint density at radius 2 is 2.33 bits per heavy atom. The monoisotopic (exact) mass is 248 g/mol. The molecular weight excluding hydrogens is 232 g/mol. The predicted octanol–water partition coefficient (Wildman–Crippen LogP) is 1.17. The van der Waals surface area contributed by atoms with Gasteiger partial charge in [-0.1, -0.05) is 13.0 Å². The van der Waals surface area contributed by atoms with E-state index >= 15 is 0 Å². The zero-order valence-corrected chi connectivity index (χ0v) is 10.2. The number of carbonyl (C=O) groups is 2. The van der Waals surface area contributed by atoms with Crippen molar-refractivity contribution in [3.63, 3.8) is 0 Å². The molecule has 5 nitrogen and oxygen atoms in total. The molecular formula is C13H16N2O3. The first-order valence-corrected chi connectivity index (χ1v) is 6.02. The molecule has 2 rings (SSSR count). The molecule has 0 spiro atoms. The van der Waals surface area contributed by atoms with Crippen LogP contribution < -0.4 is 10.6 Å². The lowest BCUT2D eigenvalue weighted by Crippen LogP contribution is -2.37. The van der Waals surface area contributed by atoms with Gasteiger partial charge in [0, 0.05) is 6.42 Å². The average molecular weight is 248 g/mol. The van der Waals surface area contributed by atoms with Crippen LogP contribution in [0, 0.1) is 0 Å². The second-order valence-corrected chi connectivity index (χ2v) is 4.35. The molecule has 2 amide bonds. The summed E-state index contributed by atoms with van der Waals surface area (Å²) in [6.07, 6.45) is 1.70. The van der Waals surface area contributed by atoms with Gasteiger partial charge in [0.1, 0.15) is 11.8 Å². The van der Waals surface area contributed by atoms with Gasteiger partial charge in [0.2, 0.25) is 11.8 Å². The second kappa shape index (κ2) is 5.08. The van der Waals surface area contributed by atoms with Gasteiger partial charge in [-0.15, -0.1) is 0 Å². The van der Waals surface area contributed by atoms with Crippen molar-refractivity contribution in [2.45, 2.75) is 32.2 Å². The van der Waals surface area contributed by atoms with E-state index in [2.05, 4.69) is 10.6 Å². The molecule has 1 saturated heterocycles. The number of benzene rings is 1. The summed E-state index contributed by atoms with van der Waals surface area (Å²) in [5.41, 5.74) is 1.42. The van der Waals surface area contributed by atoms with Crippen LogP contribution in [0.1, 0.15) is 25.3 Å². The zero-order valence-electron chi connectivity index (χ0n) is 10.2. The fraction of sp³-hybridized carbons (Fsp3) is 0.385. The Morgan fingerprint density at radius 3 is 2.94 bits per heavy atom. The zero-order chi connectivity index (χ0) is 13.1. The van der Waals surface area contributed by atoms with Gasteiger partial charge < -0.3 is 15.7 Å². The van der Waals surface area contributed by atoms with Crippen molar-refractivity contribution < 1.29 is 14.7 Å². The molecule has 0 aromatic heterocycles. The molecule has 96 valence electrons. The van der Waals surface area contributed by atoms with E-state index in [-0.39, 0.29) is 17.6 Å². The number of nitrogens with one attached hydrogen (secondary N) is 2. The molecule has 1 heterocycles. The SMILES string of the molecule is CCc1ccc(O)c(NC(=O)[C@@H]2CCC(=O)N2)c1. The van der Waals surface area contributed by atoms with Crippen molar-refractivity contribution in [1.82, 2.24) is 5.32 Å². The van der Waals surface area contributed by atoms with Crippen molar-refractivity contribution in [3.8, 4) is 5.75 Å². The molecule has 3 N–H and O–H groups in total. The highest BCUT2D eigenvalue weighted by molar-refractivity contribution is 5.99. The normalized spacial score (nSPS) is 18.5. The van der Waals surface area contributed by atoms with Crippen molar-refractivity contribution in [2.24, 2.45) is 0 Å². The maximum Gasteiger partial charge on any atom is 0.247 e. The van der Waals surface area contributed by atoms with E-state index in [1.54, 1.807) is 12.1 Å². The first-order valence-electron chi connectivity index (χ1n) is 6.02. The molecule has 1 aromatic carbocycles. The number of anilines is 1. The number of carbonyl (C=O) groups excluding carboxylic acids is 2. The minimum absolute atomic E-state index is 0.0323. The number of aromatic hydroxyl groups is 1. The molecule has 1 aliphatic rings. The van der Waals surface area contributed by atoms with Gasteiger partial charge in [0.05, 0.1) is 5.69 Å². The molecule has 5 heteroatoms. The number of aryl methyl sites for hydroxylation is 1. The average Bonchev–Trinajstić information content (AvgIpc) is 2.79. The van der Waals surface area contributed by atoms with E-state index in [1.807, 2.05) is 13.0 Å². The first-order chi connectivity index (χ1) is 8.60. The molecule has 0 saturated carbocycles. The lowest BCUT2D eigenvalue weighted by atomic mass is 10.1. The molecule has 0 aliphatic carbocycles. The van der Waals surface area contributed by atoms with Crippen molar-refractivity contribution >= 4 is 17.5 Å². The molecule has 1 atom stereocenters. The topological polar surface area (TPSA) is 78.4 Å². The number of rotatable bonds is 3. The van der Waals surface area contributed by atoms with Gasteiger partial charge >= 0.3 is 0 Å². The molecule has 0 radical (unpaired) electrons. The number of hydrogen-bond acceptors (Lipinski definition) is 3. The second-order valence-electron chi connectivity index (χ2n) is 4.35. The summed E-state index contributed by atoms with van der Waals surface area (Å²) >= 11 is 0. The third-order valence-corrected chi connectivity index (χ3v) is 3.04. The van der Waals surface area contributed by atoms with Gasteiger partial charge in [-0.25, -0.2) is 0 Å². The molecule has 0 bridgehead atoms. The maximum atomic E-state index is 11.9. The summed E-state index contributed by atoms with van der Waals surface area (Å²) in [7, 11) is 0. The van der Waals surface area contributed by atoms with Crippen LogP contribution in [-0.4, -0.2) is 23.0 Å². The molecule has 18 heavy (non-hydrogen) atoms. The van der Waals surface area contributed by atoms with E-state index in [9.17, 15) is 14.7 Å². The van der Waals surface area contributed by atoms with Crippen LogP contribution in [0.25, 0.3) is 0 Å². The predicted molar refractivity (Wildman–Crippen MR) is 67.3 cm³/mol. The van der Waals surface area contributed by atoms with Gasteiger partial charge in [0.15, 0.2) is 0 Å². The van der Waals surface area contributed by atoms with Gasteiger partial charge in [-0.3, -0.25) is 9.59 Å². The molecule has 1 aliphatic heterocycles. The van der Waals surface area contributed by atoms with E-state index < -0.39 is 6.04 Å². The number of phenols is 1. The van der Waals surface area contributed by atoms with Crippen LogP contribution in [0.4, 0.5) is 5.69 Å².